The Hall–Kier alpha value is -0.450. The number of nitrogens with one attached hydrogen (secondary N) is 2. The van der Waals surface area contributed by atoms with Crippen molar-refractivity contribution in [2.45, 2.75) is 32.2 Å². The minimum Gasteiger partial charge on any atom is -0.491 e. The van der Waals surface area contributed by atoms with Gasteiger partial charge >= 0.3 is 0 Å². The van der Waals surface area contributed by atoms with Gasteiger partial charge in [0.1, 0.15) is 0 Å². The van der Waals surface area contributed by atoms with Crippen molar-refractivity contribution in [2.24, 2.45) is 0 Å². The van der Waals surface area contributed by atoms with Crippen LogP contribution in [0.3, 0.4) is 0 Å². The summed E-state index contributed by atoms with van der Waals surface area (Å²) in [5, 5.41) is 7.71. The van der Waals surface area contributed by atoms with Crippen molar-refractivity contribution in [3.8, 4) is 5.75 Å². The third-order valence-electron chi connectivity index (χ3n) is 3.23. The van der Waals surface area contributed by atoms with E-state index in [0.29, 0.717) is 17.7 Å². The lowest BCUT2D eigenvalue weighted by atomic mass is 10.1. The van der Waals surface area contributed by atoms with Crippen molar-refractivity contribution in [3.05, 3.63) is 21.6 Å². The van der Waals surface area contributed by atoms with E-state index in [4.69, 9.17) is 16.3 Å². The van der Waals surface area contributed by atoms with Crippen LogP contribution in [-0.4, -0.2) is 25.7 Å². The molecule has 0 saturated carbocycles. The van der Waals surface area contributed by atoms with E-state index in [1.54, 1.807) is 0 Å². The summed E-state index contributed by atoms with van der Waals surface area (Å²) in [6.07, 6.45) is 3.49. The Kier molecular flexibility index (Phi) is 5.79. The highest BCUT2D eigenvalue weighted by Crippen LogP contribution is 2.37. The van der Waals surface area contributed by atoms with Gasteiger partial charge in [-0.05, 0) is 67.3 Å². The van der Waals surface area contributed by atoms with Crippen LogP contribution in [0.4, 0.5) is 5.69 Å². The highest BCUT2D eigenvalue weighted by atomic mass is 79.9. The van der Waals surface area contributed by atoms with E-state index in [1.165, 1.54) is 12.8 Å². The van der Waals surface area contributed by atoms with Crippen LogP contribution in [0.15, 0.2) is 16.6 Å². The third kappa shape index (κ3) is 4.26. The van der Waals surface area contributed by atoms with E-state index in [9.17, 15) is 0 Å². The lowest BCUT2D eigenvalue weighted by molar-refractivity contribution is 0.339. The molecule has 0 aliphatic carbocycles. The monoisotopic (exact) mass is 346 g/mol. The van der Waals surface area contributed by atoms with Gasteiger partial charge in [-0.2, -0.15) is 0 Å². The predicted octanol–water partition coefficient (Wildman–Crippen LogP) is 4.06. The van der Waals surface area contributed by atoms with Gasteiger partial charge in [-0.3, -0.25) is 0 Å². The molecular formula is C14H20BrClN2O. The van der Waals surface area contributed by atoms with E-state index in [1.807, 2.05) is 19.1 Å². The Morgan fingerprint density at radius 2 is 2.26 bits per heavy atom. The van der Waals surface area contributed by atoms with Crippen LogP contribution in [0.25, 0.3) is 0 Å². The van der Waals surface area contributed by atoms with Gasteiger partial charge in [0, 0.05) is 11.1 Å². The second-order valence-electron chi connectivity index (χ2n) is 4.72. The number of hydrogen-bond acceptors (Lipinski definition) is 3. The molecule has 19 heavy (non-hydrogen) atoms. The lowest BCUT2D eigenvalue weighted by Gasteiger charge is -2.21. The summed E-state index contributed by atoms with van der Waals surface area (Å²) < 4.78 is 6.61. The van der Waals surface area contributed by atoms with Gasteiger partial charge in [0.2, 0.25) is 0 Å². The molecule has 106 valence electrons. The zero-order chi connectivity index (χ0) is 13.7. The first-order valence-electron chi connectivity index (χ1n) is 6.79. The maximum Gasteiger partial charge on any atom is 0.156 e. The first kappa shape index (κ1) is 14.9. The largest absolute Gasteiger partial charge is 0.491 e. The number of hydrogen-bond donors (Lipinski definition) is 2. The fourth-order valence-electron chi connectivity index (χ4n) is 2.34. The average molecular weight is 348 g/mol. The Balaban J connectivity index is 2.17. The van der Waals surface area contributed by atoms with E-state index in [2.05, 4.69) is 26.6 Å². The van der Waals surface area contributed by atoms with Crippen molar-refractivity contribution in [1.82, 2.24) is 5.32 Å². The molecule has 1 heterocycles. The highest BCUT2D eigenvalue weighted by Gasteiger charge is 2.16. The second-order valence-corrected chi connectivity index (χ2v) is 6.01. The molecule has 0 spiro atoms. The predicted molar refractivity (Wildman–Crippen MR) is 84.5 cm³/mol. The standard InChI is InChI=1S/C14H20BrClN2O/c1-2-19-14-12(15)8-10(16)9-13(14)18-11-4-3-6-17-7-5-11/h8-9,11,17-18H,2-7H2,1H3. The smallest absolute Gasteiger partial charge is 0.156 e. The molecule has 5 heteroatoms. The highest BCUT2D eigenvalue weighted by molar-refractivity contribution is 9.10. The topological polar surface area (TPSA) is 33.3 Å². The molecule has 0 bridgehead atoms. The molecule has 1 aliphatic rings. The molecule has 1 atom stereocenters. The van der Waals surface area contributed by atoms with E-state index in [-0.39, 0.29) is 0 Å². The quantitative estimate of drug-likeness (QED) is 0.862. The lowest BCUT2D eigenvalue weighted by Crippen LogP contribution is -2.22. The minimum absolute atomic E-state index is 0.472. The maximum atomic E-state index is 6.13. The third-order valence-corrected chi connectivity index (χ3v) is 4.04. The van der Waals surface area contributed by atoms with Crippen LogP contribution in [0.1, 0.15) is 26.2 Å². The van der Waals surface area contributed by atoms with Crippen molar-refractivity contribution in [3.63, 3.8) is 0 Å². The SMILES string of the molecule is CCOc1c(Br)cc(Cl)cc1NC1CCCNCC1. The van der Waals surface area contributed by atoms with Crippen LogP contribution in [-0.2, 0) is 0 Å². The van der Waals surface area contributed by atoms with Gasteiger partial charge in [-0.15, -0.1) is 0 Å². The molecule has 3 nitrogen and oxygen atoms in total. The Morgan fingerprint density at radius 3 is 3.05 bits per heavy atom. The molecule has 1 aromatic carbocycles. The number of rotatable bonds is 4. The molecule has 1 aromatic rings. The van der Waals surface area contributed by atoms with Gasteiger partial charge in [-0.25, -0.2) is 0 Å². The van der Waals surface area contributed by atoms with Crippen LogP contribution >= 0.6 is 27.5 Å². The van der Waals surface area contributed by atoms with Crippen molar-refractivity contribution in [2.75, 3.05) is 25.0 Å². The van der Waals surface area contributed by atoms with Crippen LogP contribution < -0.4 is 15.4 Å². The zero-order valence-corrected chi connectivity index (χ0v) is 13.5. The zero-order valence-electron chi connectivity index (χ0n) is 11.1. The fraction of sp³-hybridized carbons (Fsp3) is 0.571. The Morgan fingerprint density at radius 1 is 1.42 bits per heavy atom. The Bertz CT molecular complexity index is 420. The number of benzene rings is 1. The van der Waals surface area contributed by atoms with Gasteiger partial charge in [0.15, 0.2) is 5.75 Å². The first-order chi connectivity index (χ1) is 9.20. The first-order valence-corrected chi connectivity index (χ1v) is 7.97. The molecule has 0 aromatic heterocycles. The van der Waals surface area contributed by atoms with Gasteiger partial charge in [0.05, 0.1) is 16.8 Å². The van der Waals surface area contributed by atoms with Crippen LogP contribution in [0.5, 0.6) is 5.75 Å². The van der Waals surface area contributed by atoms with Crippen LogP contribution in [0.2, 0.25) is 5.02 Å². The molecule has 1 aliphatic heterocycles. The minimum atomic E-state index is 0.472. The van der Waals surface area contributed by atoms with Gasteiger partial charge in [-0.1, -0.05) is 11.6 Å². The van der Waals surface area contributed by atoms with Crippen molar-refractivity contribution >= 4 is 33.2 Å². The summed E-state index contributed by atoms with van der Waals surface area (Å²) in [7, 11) is 0. The summed E-state index contributed by atoms with van der Waals surface area (Å²) >= 11 is 9.65. The summed E-state index contributed by atoms with van der Waals surface area (Å²) in [6.45, 7) is 4.79. The van der Waals surface area contributed by atoms with E-state index < -0.39 is 0 Å². The summed E-state index contributed by atoms with van der Waals surface area (Å²) in [4.78, 5) is 0. The average Bonchev–Trinajstić information content (AvgIpc) is 2.62. The number of anilines is 1. The number of ether oxygens (including phenoxy) is 1. The molecule has 1 fully saturated rings. The van der Waals surface area contributed by atoms with E-state index >= 15 is 0 Å². The van der Waals surface area contributed by atoms with E-state index in [0.717, 1.165) is 35.4 Å². The molecular weight excluding hydrogens is 328 g/mol. The summed E-state index contributed by atoms with van der Waals surface area (Å²) in [6, 6.07) is 4.28. The van der Waals surface area contributed by atoms with Gasteiger partial charge < -0.3 is 15.4 Å². The summed E-state index contributed by atoms with van der Waals surface area (Å²) in [5.41, 5.74) is 0.980. The molecule has 0 amide bonds. The Labute approximate surface area is 128 Å². The molecule has 1 saturated heterocycles. The molecule has 0 radical (unpaired) electrons. The number of halogens is 2. The van der Waals surface area contributed by atoms with Gasteiger partial charge in [0.25, 0.3) is 0 Å². The molecule has 2 N–H and O–H groups in total. The maximum absolute atomic E-state index is 6.13. The van der Waals surface area contributed by atoms with Crippen molar-refractivity contribution < 1.29 is 4.74 Å². The van der Waals surface area contributed by atoms with Crippen molar-refractivity contribution in [1.29, 1.82) is 0 Å². The fourth-order valence-corrected chi connectivity index (χ4v) is 3.27. The normalized spacial score (nSPS) is 19.8. The molecule has 1 unspecified atom stereocenters. The molecule has 2 rings (SSSR count). The van der Waals surface area contributed by atoms with Crippen LogP contribution in [0, 0.1) is 0 Å². The summed E-state index contributed by atoms with van der Waals surface area (Å²) in [5.74, 6) is 0.851. The second kappa shape index (κ2) is 7.36.